The molecule has 0 saturated carbocycles. The van der Waals surface area contributed by atoms with E-state index < -0.39 is 0 Å². The SMILES string of the molecule is COc1cccc(Cc2cnc([C@H]3CCCN(C(=O)c4cc(-c5cccc(F)c5)no4)C3)o2)c1. The molecule has 0 radical (unpaired) electrons. The van der Waals surface area contributed by atoms with Gasteiger partial charge >= 0.3 is 0 Å². The lowest BCUT2D eigenvalue weighted by Gasteiger charge is -2.30. The summed E-state index contributed by atoms with van der Waals surface area (Å²) in [5.41, 5.74) is 2.05. The molecule has 1 fully saturated rings. The molecule has 1 atom stereocenters. The van der Waals surface area contributed by atoms with Crippen molar-refractivity contribution in [3.05, 3.63) is 89.6 Å². The van der Waals surface area contributed by atoms with Crippen LogP contribution in [-0.2, 0) is 6.42 Å². The van der Waals surface area contributed by atoms with Crippen LogP contribution in [0.5, 0.6) is 5.75 Å². The Kier molecular flexibility index (Phi) is 6.12. The lowest BCUT2D eigenvalue weighted by Crippen LogP contribution is -2.39. The lowest BCUT2D eigenvalue weighted by molar-refractivity contribution is 0.0656. The van der Waals surface area contributed by atoms with Gasteiger partial charge in [-0.1, -0.05) is 29.4 Å². The van der Waals surface area contributed by atoms with Crippen molar-refractivity contribution in [2.24, 2.45) is 0 Å². The first-order chi connectivity index (χ1) is 16.6. The summed E-state index contributed by atoms with van der Waals surface area (Å²) in [7, 11) is 1.64. The average Bonchev–Trinajstić information content (AvgIpc) is 3.54. The highest BCUT2D eigenvalue weighted by Gasteiger charge is 2.30. The molecule has 1 saturated heterocycles. The molecule has 5 rings (SSSR count). The van der Waals surface area contributed by atoms with Gasteiger partial charge in [0, 0.05) is 31.1 Å². The number of carbonyl (C=O) groups is 1. The van der Waals surface area contributed by atoms with Crippen LogP contribution in [0.4, 0.5) is 4.39 Å². The second-order valence-electron chi connectivity index (χ2n) is 8.37. The van der Waals surface area contributed by atoms with Crippen LogP contribution >= 0.6 is 0 Å². The first kappa shape index (κ1) is 21.9. The zero-order valence-corrected chi connectivity index (χ0v) is 18.7. The van der Waals surface area contributed by atoms with E-state index in [1.54, 1.807) is 36.4 Å². The Morgan fingerprint density at radius 1 is 1.21 bits per heavy atom. The first-order valence-corrected chi connectivity index (χ1v) is 11.2. The summed E-state index contributed by atoms with van der Waals surface area (Å²) in [6, 6.07) is 15.4. The molecule has 0 spiro atoms. The number of piperidine rings is 1. The van der Waals surface area contributed by atoms with E-state index in [2.05, 4.69) is 10.1 Å². The van der Waals surface area contributed by atoms with Gasteiger partial charge in [0.1, 0.15) is 23.0 Å². The van der Waals surface area contributed by atoms with Crippen LogP contribution in [0.25, 0.3) is 11.3 Å². The minimum Gasteiger partial charge on any atom is -0.497 e. The Labute approximate surface area is 196 Å². The third-order valence-electron chi connectivity index (χ3n) is 5.98. The van der Waals surface area contributed by atoms with E-state index in [9.17, 15) is 9.18 Å². The molecule has 174 valence electrons. The number of oxazole rings is 1. The van der Waals surface area contributed by atoms with Crippen LogP contribution in [0.3, 0.4) is 0 Å². The van der Waals surface area contributed by atoms with Crippen LogP contribution in [0.1, 0.15) is 46.5 Å². The molecule has 0 N–H and O–H groups in total. The van der Waals surface area contributed by atoms with E-state index in [-0.39, 0.29) is 23.4 Å². The highest BCUT2D eigenvalue weighted by molar-refractivity contribution is 5.92. The Morgan fingerprint density at radius 2 is 2.09 bits per heavy atom. The van der Waals surface area contributed by atoms with Crippen molar-refractivity contribution in [3.63, 3.8) is 0 Å². The summed E-state index contributed by atoms with van der Waals surface area (Å²) in [6.45, 7) is 1.09. The van der Waals surface area contributed by atoms with Gasteiger partial charge in [-0.15, -0.1) is 0 Å². The van der Waals surface area contributed by atoms with Crippen molar-refractivity contribution >= 4 is 5.91 Å². The minimum absolute atomic E-state index is 0.00219. The number of benzene rings is 2. The summed E-state index contributed by atoms with van der Waals surface area (Å²) in [5.74, 6) is 1.71. The van der Waals surface area contributed by atoms with Crippen LogP contribution in [-0.4, -0.2) is 41.1 Å². The number of nitrogens with zero attached hydrogens (tertiary/aromatic N) is 3. The number of halogens is 1. The van der Waals surface area contributed by atoms with Gasteiger partial charge in [0.2, 0.25) is 5.76 Å². The Balaban J connectivity index is 1.26. The number of hydrogen-bond donors (Lipinski definition) is 0. The van der Waals surface area contributed by atoms with Crippen molar-refractivity contribution in [2.45, 2.75) is 25.2 Å². The van der Waals surface area contributed by atoms with Gasteiger partial charge in [-0.25, -0.2) is 9.37 Å². The molecule has 1 aliphatic heterocycles. The predicted molar refractivity (Wildman–Crippen MR) is 122 cm³/mol. The largest absolute Gasteiger partial charge is 0.497 e. The molecule has 34 heavy (non-hydrogen) atoms. The fourth-order valence-electron chi connectivity index (χ4n) is 4.26. The number of amides is 1. The van der Waals surface area contributed by atoms with E-state index in [1.165, 1.54) is 12.1 Å². The van der Waals surface area contributed by atoms with E-state index in [0.717, 1.165) is 29.9 Å². The van der Waals surface area contributed by atoms with E-state index in [4.69, 9.17) is 13.7 Å². The van der Waals surface area contributed by atoms with Gasteiger partial charge < -0.3 is 18.6 Å². The van der Waals surface area contributed by atoms with E-state index >= 15 is 0 Å². The Hall–Kier alpha value is -3.94. The number of methoxy groups -OCH3 is 1. The molecule has 0 aliphatic carbocycles. The predicted octanol–water partition coefficient (Wildman–Crippen LogP) is 5.09. The number of ether oxygens (including phenoxy) is 1. The van der Waals surface area contributed by atoms with Crippen molar-refractivity contribution in [2.75, 3.05) is 20.2 Å². The number of aromatic nitrogens is 2. The van der Waals surface area contributed by atoms with Gasteiger partial charge in [-0.2, -0.15) is 0 Å². The molecule has 0 unspecified atom stereocenters. The standard InChI is InChI=1S/C26H24FN3O4/c1-32-21-9-2-5-17(11-21)12-22-15-28-25(33-22)19-7-4-10-30(16-19)26(31)24-14-23(29-34-24)18-6-3-8-20(27)13-18/h2-3,5-6,8-9,11,13-15,19H,4,7,10,12,16H2,1H3/t19-/m0/s1. The first-order valence-electron chi connectivity index (χ1n) is 11.2. The molecule has 3 heterocycles. The van der Waals surface area contributed by atoms with E-state index in [1.807, 2.05) is 24.3 Å². The van der Waals surface area contributed by atoms with Crippen LogP contribution in [0.2, 0.25) is 0 Å². The topological polar surface area (TPSA) is 81.6 Å². The number of carbonyl (C=O) groups excluding carboxylic acids is 1. The fourth-order valence-corrected chi connectivity index (χ4v) is 4.26. The minimum atomic E-state index is -0.371. The fraction of sp³-hybridized carbons (Fsp3) is 0.269. The van der Waals surface area contributed by atoms with Crippen LogP contribution < -0.4 is 4.74 Å². The molecular formula is C26H24FN3O4. The zero-order chi connectivity index (χ0) is 23.5. The summed E-state index contributed by atoms with van der Waals surface area (Å²) in [5, 5.41) is 3.95. The molecule has 1 aliphatic rings. The quantitative estimate of drug-likeness (QED) is 0.398. The molecule has 2 aromatic carbocycles. The average molecular weight is 461 g/mol. The lowest BCUT2D eigenvalue weighted by atomic mass is 9.97. The smallest absolute Gasteiger partial charge is 0.292 e. The molecular weight excluding hydrogens is 437 g/mol. The van der Waals surface area contributed by atoms with Gasteiger partial charge in [0.15, 0.2) is 5.89 Å². The molecule has 2 aromatic heterocycles. The summed E-state index contributed by atoms with van der Waals surface area (Å²) in [6.07, 6.45) is 4.07. The second-order valence-corrected chi connectivity index (χ2v) is 8.37. The molecule has 0 bridgehead atoms. The van der Waals surface area contributed by atoms with Crippen LogP contribution in [0, 0.1) is 5.82 Å². The zero-order valence-electron chi connectivity index (χ0n) is 18.7. The maximum absolute atomic E-state index is 13.5. The number of hydrogen-bond acceptors (Lipinski definition) is 6. The summed E-state index contributed by atoms with van der Waals surface area (Å²) in [4.78, 5) is 19.3. The monoisotopic (exact) mass is 461 g/mol. The summed E-state index contributed by atoms with van der Waals surface area (Å²) >= 11 is 0. The number of rotatable bonds is 6. The maximum Gasteiger partial charge on any atom is 0.292 e. The van der Waals surface area contributed by atoms with Gasteiger partial charge in [0.05, 0.1) is 19.2 Å². The third-order valence-corrected chi connectivity index (χ3v) is 5.98. The highest BCUT2D eigenvalue weighted by Crippen LogP contribution is 2.29. The van der Waals surface area contributed by atoms with Gasteiger partial charge in [-0.05, 0) is 42.7 Å². The third kappa shape index (κ3) is 4.71. The van der Waals surface area contributed by atoms with Crippen LogP contribution in [0.15, 0.2) is 69.7 Å². The van der Waals surface area contributed by atoms with Crippen molar-refractivity contribution < 1.29 is 22.9 Å². The van der Waals surface area contributed by atoms with Crippen molar-refractivity contribution in [1.82, 2.24) is 15.0 Å². The molecule has 8 heteroatoms. The summed E-state index contributed by atoms with van der Waals surface area (Å²) < 4.78 is 30.1. The molecule has 1 amide bonds. The molecule has 7 nitrogen and oxygen atoms in total. The van der Waals surface area contributed by atoms with Crippen molar-refractivity contribution in [1.29, 1.82) is 0 Å². The second kappa shape index (κ2) is 9.51. The number of likely N-dealkylation sites (tertiary alicyclic amines) is 1. The van der Waals surface area contributed by atoms with E-state index in [0.29, 0.717) is 36.7 Å². The Bertz CT molecular complexity index is 1300. The van der Waals surface area contributed by atoms with Gasteiger partial charge in [-0.3, -0.25) is 4.79 Å². The highest BCUT2D eigenvalue weighted by atomic mass is 19.1. The normalized spacial score (nSPS) is 15.9. The van der Waals surface area contributed by atoms with Crippen molar-refractivity contribution in [3.8, 4) is 17.0 Å². The Morgan fingerprint density at radius 3 is 2.94 bits per heavy atom. The maximum atomic E-state index is 13.5. The molecule has 4 aromatic rings. The van der Waals surface area contributed by atoms with Gasteiger partial charge in [0.25, 0.3) is 5.91 Å².